The summed E-state index contributed by atoms with van der Waals surface area (Å²) in [5, 5.41) is 6.86. The Morgan fingerprint density at radius 2 is 2.38 bits per heavy atom. The topological polar surface area (TPSA) is 76.8 Å². The molecule has 1 unspecified atom stereocenters. The summed E-state index contributed by atoms with van der Waals surface area (Å²) in [6.07, 6.45) is 1.96. The van der Waals surface area contributed by atoms with Gasteiger partial charge in [-0.2, -0.15) is 5.10 Å². The van der Waals surface area contributed by atoms with E-state index >= 15 is 0 Å². The van der Waals surface area contributed by atoms with Gasteiger partial charge in [-0.3, -0.25) is 5.10 Å². The highest BCUT2D eigenvalue weighted by atomic mass is 16.5. The van der Waals surface area contributed by atoms with Crippen LogP contribution in [0.15, 0.2) is 0 Å². The van der Waals surface area contributed by atoms with Gasteiger partial charge in [0.25, 0.3) is 0 Å². The minimum atomic E-state index is -0.230. The van der Waals surface area contributed by atoms with Gasteiger partial charge in [0.2, 0.25) is 0 Å². The van der Waals surface area contributed by atoms with Gasteiger partial charge in [-0.1, -0.05) is 6.92 Å². The first kappa shape index (κ1) is 10.1. The van der Waals surface area contributed by atoms with Crippen LogP contribution in [0.4, 0.5) is 0 Å². The van der Waals surface area contributed by atoms with Gasteiger partial charge >= 0.3 is 0 Å². The van der Waals surface area contributed by atoms with Gasteiger partial charge < -0.3 is 10.5 Å². The molecule has 5 nitrogen and oxygen atoms in total. The number of H-pyrrole nitrogens is 1. The molecular formula is C8H16N4O. The number of aromatic amines is 1. The van der Waals surface area contributed by atoms with Crippen molar-refractivity contribution in [3.05, 3.63) is 11.6 Å². The van der Waals surface area contributed by atoms with Gasteiger partial charge in [0.1, 0.15) is 5.82 Å². The molecule has 0 bridgehead atoms. The molecule has 0 aliphatic carbocycles. The number of nitrogens with zero attached hydrogens (tertiary/aromatic N) is 2. The highest BCUT2D eigenvalue weighted by molar-refractivity contribution is 4.95. The maximum Gasteiger partial charge on any atom is 0.169 e. The molecule has 0 aliphatic heterocycles. The van der Waals surface area contributed by atoms with Crippen LogP contribution in [0, 0.1) is 0 Å². The molecule has 1 heterocycles. The lowest BCUT2D eigenvalue weighted by atomic mass is 10.3. The van der Waals surface area contributed by atoms with E-state index in [-0.39, 0.29) is 6.04 Å². The van der Waals surface area contributed by atoms with Crippen molar-refractivity contribution in [2.24, 2.45) is 5.73 Å². The largest absolute Gasteiger partial charge is 0.383 e. The van der Waals surface area contributed by atoms with Crippen LogP contribution in [0.25, 0.3) is 0 Å². The molecular weight excluding hydrogens is 168 g/mol. The third-order valence-electron chi connectivity index (χ3n) is 1.71. The molecule has 0 fully saturated rings. The van der Waals surface area contributed by atoms with Gasteiger partial charge in [-0.05, 0) is 6.42 Å². The zero-order valence-corrected chi connectivity index (χ0v) is 8.08. The lowest BCUT2D eigenvalue weighted by Crippen LogP contribution is -2.17. The van der Waals surface area contributed by atoms with Crippen molar-refractivity contribution in [3.8, 4) is 0 Å². The van der Waals surface area contributed by atoms with Crippen LogP contribution in [0.5, 0.6) is 0 Å². The lowest BCUT2D eigenvalue weighted by molar-refractivity contribution is 0.178. The minimum Gasteiger partial charge on any atom is -0.383 e. The summed E-state index contributed by atoms with van der Waals surface area (Å²) in [4.78, 5) is 4.25. The van der Waals surface area contributed by atoms with Crippen LogP contribution in [0.3, 0.4) is 0 Å². The quantitative estimate of drug-likeness (QED) is 0.694. The summed E-state index contributed by atoms with van der Waals surface area (Å²) in [6, 6.07) is -0.230. The molecule has 0 radical (unpaired) electrons. The van der Waals surface area contributed by atoms with Gasteiger partial charge in [0.15, 0.2) is 5.82 Å². The summed E-state index contributed by atoms with van der Waals surface area (Å²) < 4.78 is 4.91. The van der Waals surface area contributed by atoms with Crippen molar-refractivity contribution >= 4 is 0 Å². The molecule has 5 heteroatoms. The fraction of sp³-hybridized carbons (Fsp3) is 0.750. The van der Waals surface area contributed by atoms with E-state index < -0.39 is 0 Å². The van der Waals surface area contributed by atoms with Crippen molar-refractivity contribution in [2.75, 3.05) is 13.7 Å². The number of rotatable bonds is 5. The number of hydrogen-bond acceptors (Lipinski definition) is 4. The van der Waals surface area contributed by atoms with Gasteiger partial charge in [-0.15, -0.1) is 0 Å². The minimum absolute atomic E-state index is 0.230. The van der Waals surface area contributed by atoms with E-state index in [1.165, 1.54) is 0 Å². The standard InChI is InChI=1S/C8H16N4O/c1-3-4-7-10-8(12-11-7)6(9)5-13-2/h6H,3-5,9H2,1-2H3,(H,10,11,12). The molecule has 13 heavy (non-hydrogen) atoms. The first-order chi connectivity index (χ1) is 6.27. The smallest absolute Gasteiger partial charge is 0.169 e. The summed E-state index contributed by atoms with van der Waals surface area (Å²) in [6.45, 7) is 2.54. The highest BCUT2D eigenvalue weighted by Gasteiger charge is 2.10. The molecule has 0 aliphatic rings. The van der Waals surface area contributed by atoms with E-state index in [2.05, 4.69) is 22.1 Å². The van der Waals surface area contributed by atoms with Crippen LogP contribution >= 0.6 is 0 Å². The van der Waals surface area contributed by atoms with Crippen LogP contribution in [-0.2, 0) is 11.2 Å². The van der Waals surface area contributed by atoms with Crippen molar-refractivity contribution in [2.45, 2.75) is 25.8 Å². The second-order valence-corrected chi connectivity index (χ2v) is 2.95. The number of ether oxygens (including phenoxy) is 1. The van der Waals surface area contributed by atoms with Gasteiger partial charge in [-0.25, -0.2) is 4.98 Å². The fourth-order valence-corrected chi connectivity index (χ4v) is 1.08. The lowest BCUT2D eigenvalue weighted by Gasteiger charge is -2.03. The van der Waals surface area contributed by atoms with Crippen molar-refractivity contribution in [1.29, 1.82) is 0 Å². The van der Waals surface area contributed by atoms with E-state index in [1.54, 1.807) is 7.11 Å². The average molecular weight is 184 g/mol. The third kappa shape index (κ3) is 2.78. The van der Waals surface area contributed by atoms with E-state index in [0.29, 0.717) is 12.4 Å². The molecule has 1 rings (SSSR count). The number of nitrogens with two attached hydrogens (primary N) is 1. The van der Waals surface area contributed by atoms with Gasteiger partial charge in [0, 0.05) is 13.5 Å². The Morgan fingerprint density at radius 3 is 3.00 bits per heavy atom. The van der Waals surface area contributed by atoms with Crippen molar-refractivity contribution < 1.29 is 4.74 Å². The Labute approximate surface area is 77.7 Å². The van der Waals surface area contributed by atoms with Crippen LogP contribution < -0.4 is 5.73 Å². The summed E-state index contributed by atoms with van der Waals surface area (Å²) in [5.74, 6) is 1.52. The van der Waals surface area contributed by atoms with Crippen LogP contribution in [-0.4, -0.2) is 28.9 Å². The molecule has 0 spiro atoms. The van der Waals surface area contributed by atoms with E-state index in [0.717, 1.165) is 18.7 Å². The summed E-state index contributed by atoms with van der Waals surface area (Å²) >= 11 is 0. The number of hydrogen-bond donors (Lipinski definition) is 2. The van der Waals surface area contributed by atoms with Crippen molar-refractivity contribution in [1.82, 2.24) is 15.2 Å². The Morgan fingerprint density at radius 1 is 1.62 bits per heavy atom. The Bertz CT molecular complexity index is 248. The second kappa shape index (κ2) is 4.94. The highest BCUT2D eigenvalue weighted by Crippen LogP contribution is 2.04. The second-order valence-electron chi connectivity index (χ2n) is 2.95. The molecule has 74 valence electrons. The average Bonchev–Trinajstić information content (AvgIpc) is 2.54. The van der Waals surface area contributed by atoms with Crippen LogP contribution in [0.2, 0.25) is 0 Å². The Kier molecular flexibility index (Phi) is 3.85. The van der Waals surface area contributed by atoms with Crippen LogP contribution in [0.1, 0.15) is 31.0 Å². The normalized spacial score (nSPS) is 13.2. The van der Waals surface area contributed by atoms with E-state index in [1.807, 2.05) is 0 Å². The number of aromatic nitrogens is 3. The van der Waals surface area contributed by atoms with Crippen molar-refractivity contribution in [3.63, 3.8) is 0 Å². The fourth-order valence-electron chi connectivity index (χ4n) is 1.08. The van der Waals surface area contributed by atoms with E-state index in [4.69, 9.17) is 10.5 Å². The SMILES string of the molecule is CCCc1nc(C(N)COC)n[nH]1. The predicted octanol–water partition coefficient (Wildman–Crippen LogP) is 0.403. The monoisotopic (exact) mass is 184 g/mol. The molecule has 0 amide bonds. The Hall–Kier alpha value is -0.940. The molecule has 0 aromatic carbocycles. The molecule has 1 aromatic rings. The molecule has 0 saturated heterocycles. The number of aryl methyl sites for hydroxylation is 1. The maximum atomic E-state index is 5.75. The van der Waals surface area contributed by atoms with Gasteiger partial charge in [0.05, 0.1) is 12.6 Å². The van der Waals surface area contributed by atoms with E-state index in [9.17, 15) is 0 Å². The summed E-state index contributed by atoms with van der Waals surface area (Å²) in [7, 11) is 1.61. The molecule has 0 saturated carbocycles. The third-order valence-corrected chi connectivity index (χ3v) is 1.71. The maximum absolute atomic E-state index is 5.75. The zero-order valence-electron chi connectivity index (χ0n) is 8.08. The molecule has 1 atom stereocenters. The predicted molar refractivity (Wildman–Crippen MR) is 49.2 cm³/mol. The zero-order chi connectivity index (χ0) is 9.68. The first-order valence-corrected chi connectivity index (χ1v) is 4.43. The molecule has 1 aromatic heterocycles. The Balaban J connectivity index is 2.56. The first-order valence-electron chi connectivity index (χ1n) is 4.43. The summed E-state index contributed by atoms with van der Waals surface area (Å²) in [5.41, 5.74) is 5.75. The number of nitrogens with one attached hydrogen (secondary N) is 1. The molecule has 3 N–H and O–H groups in total. The number of methoxy groups -OCH3 is 1.